The molecule has 4 rings (SSSR count). The Morgan fingerprint density at radius 3 is 2.53 bits per heavy atom. The zero-order valence-corrected chi connectivity index (χ0v) is 17.5. The van der Waals surface area contributed by atoms with E-state index in [1.54, 1.807) is 6.20 Å². The van der Waals surface area contributed by atoms with Gasteiger partial charge in [0.15, 0.2) is 0 Å². The summed E-state index contributed by atoms with van der Waals surface area (Å²) in [6.45, 7) is 5.07. The summed E-state index contributed by atoms with van der Waals surface area (Å²) in [6, 6.07) is 12.3. The molecule has 1 aliphatic carbocycles. The molecular weight excluding hydrogens is 376 g/mol. The van der Waals surface area contributed by atoms with Gasteiger partial charge in [-0.1, -0.05) is 25.0 Å². The summed E-state index contributed by atoms with van der Waals surface area (Å²) in [5.74, 6) is 0.861. The van der Waals surface area contributed by atoms with Crippen molar-refractivity contribution in [1.82, 2.24) is 19.6 Å². The molecule has 1 saturated heterocycles. The number of benzene rings is 1. The lowest BCUT2D eigenvalue weighted by molar-refractivity contribution is -0.117. The maximum atomic E-state index is 12.7. The molecular formula is C23H30N6O. The third-order valence-electron chi connectivity index (χ3n) is 6.15. The molecule has 0 unspecified atom stereocenters. The van der Waals surface area contributed by atoms with Crippen molar-refractivity contribution in [2.45, 2.75) is 44.7 Å². The molecule has 158 valence electrons. The van der Waals surface area contributed by atoms with Crippen molar-refractivity contribution >= 4 is 11.7 Å². The molecule has 1 aliphatic heterocycles. The number of carbonyl (C=O) groups excluding carboxylic acids is 1. The van der Waals surface area contributed by atoms with E-state index in [0.29, 0.717) is 18.2 Å². The molecule has 7 nitrogen and oxygen atoms in total. The van der Waals surface area contributed by atoms with Crippen molar-refractivity contribution < 1.29 is 4.79 Å². The Kier molecular flexibility index (Phi) is 6.77. The van der Waals surface area contributed by atoms with Crippen LogP contribution in [-0.2, 0) is 11.3 Å². The summed E-state index contributed by atoms with van der Waals surface area (Å²) >= 11 is 0. The van der Waals surface area contributed by atoms with E-state index in [0.717, 1.165) is 57.8 Å². The minimum atomic E-state index is 0.0373. The lowest BCUT2D eigenvalue weighted by Crippen LogP contribution is -2.36. The summed E-state index contributed by atoms with van der Waals surface area (Å²) < 4.78 is 1.99. The van der Waals surface area contributed by atoms with Crippen molar-refractivity contribution in [1.29, 1.82) is 5.26 Å². The zero-order chi connectivity index (χ0) is 20.8. The van der Waals surface area contributed by atoms with Gasteiger partial charge in [0.2, 0.25) is 5.91 Å². The molecule has 1 aromatic carbocycles. The van der Waals surface area contributed by atoms with Gasteiger partial charge < -0.3 is 5.32 Å². The lowest BCUT2D eigenvalue weighted by atomic mass is 10.1. The second-order valence-corrected chi connectivity index (χ2v) is 8.36. The average Bonchev–Trinajstić information content (AvgIpc) is 3.39. The molecule has 1 aromatic heterocycles. The van der Waals surface area contributed by atoms with Crippen LogP contribution < -0.4 is 5.32 Å². The molecule has 7 heteroatoms. The largest absolute Gasteiger partial charge is 0.310 e. The van der Waals surface area contributed by atoms with E-state index in [4.69, 9.17) is 5.26 Å². The number of aromatic nitrogens is 2. The van der Waals surface area contributed by atoms with E-state index in [2.05, 4.69) is 26.3 Å². The average molecular weight is 407 g/mol. The molecule has 0 bridgehead atoms. The van der Waals surface area contributed by atoms with Crippen molar-refractivity contribution in [2.24, 2.45) is 0 Å². The Hall–Kier alpha value is -2.69. The number of hydrogen-bond acceptors (Lipinski definition) is 5. The van der Waals surface area contributed by atoms with E-state index in [1.807, 2.05) is 35.0 Å². The smallest absolute Gasteiger partial charge is 0.239 e. The molecule has 1 saturated carbocycles. The highest BCUT2D eigenvalue weighted by molar-refractivity contribution is 5.91. The molecule has 2 fully saturated rings. The van der Waals surface area contributed by atoms with Gasteiger partial charge in [-0.3, -0.25) is 14.6 Å². The molecule has 1 N–H and O–H groups in total. The van der Waals surface area contributed by atoms with Gasteiger partial charge in [-0.2, -0.15) is 10.4 Å². The number of nitrogens with one attached hydrogen (secondary N) is 1. The van der Waals surface area contributed by atoms with Crippen LogP contribution >= 0.6 is 0 Å². The van der Waals surface area contributed by atoms with Crippen molar-refractivity contribution in [3.05, 3.63) is 47.7 Å². The predicted octanol–water partition coefficient (Wildman–Crippen LogP) is 3.02. The maximum absolute atomic E-state index is 12.7. The van der Waals surface area contributed by atoms with Gasteiger partial charge in [-0.05, 0) is 50.0 Å². The Balaban J connectivity index is 1.26. The minimum Gasteiger partial charge on any atom is -0.310 e. The van der Waals surface area contributed by atoms with Gasteiger partial charge in [-0.25, -0.2) is 4.68 Å². The van der Waals surface area contributed by atoms with Crippen LogP contribution in [0.2, 0.25) is 0 Å². The van der Waals surface area contributed by atoms with E-state index >= 15 is 0 Å². The summed E-state index contributed by atoms with van der Waals surface area (Å²) in [7, 11) is 0. The zero-order valence-electron chi connectivity index (χ0n) is 17.5. The van der Waals surface area contributed by atoms with E-state index in [1.165, 1.54) is 18.4 Å². The van der Waals surface area contributed by atoms with Crippen LogP contribution in [0.1, 0.15) is 49.3 Å². The highest BCUT2D eigenvalue weighted by Gasteiger charge is 2.22. The predicted molar refractivity (Wildman–Crippen MR) is 116 cm³/mol. The standard InChI is InChI=1S/C23H30N6O/c24-16-19-6-8-20(9-7-19)17-27-12-3-13-28(15-14-27)18-23(30)26-22-10-11-25-29(22)21-4-1-2-5-21/h6-11,21H,1-5,12-15,17-18H2,(H,26,30). The number of nitrogens with zero attached hydrogens (tertiary/aromatic N) is 5. The maximum Gasteiger partial charge on any atom is 0.239 e. The minimum absolute atomic E-state index is 0.0373. The molecule has 30 heavy (non-hydrogen) atoms. The van der Waals surface area contributed by atoms with Gasteiger partial charge in [0.05, 0.1) is 30.4 Å². The Labute approximate surface area is 178 Å². The SMILES string of the molecule is N#Cc1ccc(CN2CCCN(CC(=O)Nc3ccnn3C3CCCC3)CC2)cc1. The number of amides is 1. The third-order valence-corrected chi connectivity index (χ3v) is 6.15. The number of rotatable bonds is 6. The molecule has 2 aliphatic rings. The molecule has 0 atom stereocenters. The van der Waals surface area contributed by atoms with Gasteiger partial charge in [0, 0.05) is 25.7 Å². The van der Waals surface area contributed by atoms with E-state index < -0.39 is 0 Å². The van der Waals surface area contributed by atoms with Crippen LogP contribution in [0.3, 0.4) is 0 Å². The summed E-state index contributed by atoms with van der Waals surface area (Å²) in [4.78, 5) is 17.3. The van der Waals surface area contributed by atoms with Gasteiger partial charge >= 0.3 is 0 Å². The Morgan fingerprint density at radius 1 is 1.03 bits per heavy atom. The summed E-state index contributed by atoms with van der Waals surface area (Å²) in [5.41, 5.74) is 1.92. The fourth-order valence-corrected chi connectivity index (χ4v) is 4.52. The number of hydrogen-bond donors (Lipinski definition) is 1. The first-order chi connectivity index (χ1) is 14.7. The quantitative estimate of drug-likeness (QED) is 0.798. The number of anilines is 1. The number of carbonyl (C=O) groups is 1. The van der Waals surface area contributed by atoms with Crippen LogP contribution in [0.25, 0.3) is 0 Å². The van der Waals surface area contributed by atoms with Crippen LogP contribution in [0, 0.1) is 11.3 Å². The fraction of sp³-hybridized carbons (Fsp3) is 0.522. The summed E-state index contributed by atoms with van der Waals surface area (Å²) in [5, 5.41) is 16.5. The number of nitriles is 1. The first kappa shape index (κ1) is 20.6. The Morgan fingerprint density at radius 2 is 1.77 bits per heavy atom. The van der Waals surface area contributed by atoms with Gasteiger partial charge in [-0.15, -0.1) is 0 Å². The molecule has 1 amide bonds. The van der Waals surface area contributed by atoms with Gasteiger partial charge in [0.25, 0.3) is 0 Å². The second kappa shape index (κ2) is 9.88. The van der Waals surface area contributed by atoms with Crippen LogP contribution in [-0.4, -0.2) is 58.2 Å². The first-order valence-electron chi connectivity index (χ1n) is 11.0. The monoisotopic (exact) mass is 406 g/mol. The topological polar surface area (TPSA) is 77.2 Å². The highest BCUT2D eigenvalue weighted by Crippen LogP contribution is 2.31. The molecule has 0 spiro atoms. The van der Waals surface area contributed by atoms with Crippen molar-refractivity contribution in [2.75, 3.05) is 38.0 Å². The van der Waals surface area contributed by atoms with E-state index in [9.17, 15) is 4.79 Å². The van der Waals surface area contributed by atoms with Crippen molar-refractivity contribution in [3.63, 3.8) is 0 Å². The molecule has 2 aromatic rings. The second-order valence-electron chi connectivity index (χ2n) is 8.36. The van der Waals surface area contributed by atoms with Crippen molar-refractivity contribution in [3.8, 4) is 6.07 Å². The molecule has 2 heterocycles. The van der Waals surface area contributed by atoms with Crippen LogP contribution in [0.4, 0.5) is 5.82 Å². The Bertz CT molecular complexity index is 878. The summed E-state index contributed by atoms with van der Waals surface area (Å²) in [6.07, 6.45) is 7.59. The third kappa shape index (κ3) is 5.26. The normalized spacial score (nSPS) is 18.8. The van der Waals surface area contributed by atoms with E-state index in [-0.39, 0.29) is 5.91 Å². The fourth-order valence-electron chi connectivity index (χ4n) is 4.52. The highest BCUT2D eigenvalue weighted by atomic mass is 16.2. The van der Waals surface area contributed by atoms with Gasteiger partial charge in [0.1, 0.15) is 5.82 Å². The molecule has 0 radical (unpaired) electrons. The van der Waals surface area contributed by atoms with Crippen LogP contribution in [0.5, 0.6) is 0 Å². The first-order valence-corrected chi connectivity index (χ1v) is 11.0. The van der Waals surface area contributed by atoms with Crippen LogP contribution in [0.15, 0.2) is 36.5 Å². The lowest BCUT2D eigenvalue weighted by Gasteiger charge is -2.22.